The van der Waals surface area contributed by atoms with E-state index in [9.17, 15) is 9.59 Å². The van der Waals surface area contributed by atoms with E-state index in [0.29, 0.717) is 6.42 Å². The Morgan fingerprint density at radius 1 is 1.29 bits per heavy atom. The van der Waals surface area contributed by atoms with Crippen LogP contribution in [0.4, 0.5) is 0 Å². The highest BCUT2D eigenvalue weighted by molar-refractivity contribution is 5.76. The molecule has 0 unspecified atom stereocenters. The van der Waals surface area contributed by atoms with E-state index in [1.165, 1.54) is 0 Å². The number of ether oxygens (including phenoxy) is 1. The molecule has 1 aromatic carbocycles. The fourth-order valence-corrected chi connectivity index (χ4v) is 1.35. The number of carbonyl (C=O) groups is 2. The quantitative estimate of drug-likeness (QED) is 0.762. The van der Waals surface area contributed by atoms with Crippen molar-refractivity contribution in [3.63, 3.8) is 0 Å². The molecule has 0 aliphatic carbocycles. The van der Waals surface area contributed by atoms with Crippen molar-refractivity contribution >= 4 is 11.9 Å². The summed E-state index contributed by atoms with van der Waals surface area (Å²) in [6.45, 7) is 2.00. The Hall–Kier alpha value is -1.84. The van der Waals surface area contributed by atoms with Gasteiger partial charge in [-0.25, -0.2) is 0 Å². The van der Waals surface area contributed by atoms with E-state index in [4.69, 9.17) is 10.5 Å². The maximum absolute atomic E-state index is 11.6. The number of primary amides is 1. The van der Waals surface area contributed by atoms with Gasteiger partial charge in [-0.1, -0.05) is 37.3 Å². The minimum Gasteiger partial charge on any atom is -0.461 e. The Kier molecular flexibility index (Phi) is 5.20. The molecule has 1 atom stereocenters. The van der Waals surface area contributed by atoms with E-state index in [1.807, 2.05) is 30.3 Å². The van der Waals surface area contributed by atoms with Crippen molar-refractivity contribution in [2.45, 2.75) is 26.4 Å². The lowest BCUT2D eigenvalue weighted by atomic mass is 10.1. The Balaban J connectivity index is 2.32. The smallest absolute Gasteiger partial charge is 0.308 e. The van der Waals surface area contributed by atoms with Crippen LogP contribution in [0.5, 0.6) is 0 Å². The normalized spacial score (nSPS) is 11.8. The predicted molar refractivity (Wildman–Crippen MR) is 63.8 cm³/mol. The molecular formula is C13H17NO3. The summed E-state index contributed by atoms with van der Waals surface area (Å²) in [4.78, 5) is 22.1. The van der Waals surface area contributed by atoms with Gasteiger partial charge in [0.25, 0.3) is 0 Å². The Bertz CT molecular complexity index is 376. The molecule has 0 saturated heterocycles. The molecule has 1 aromatic rings. The summed E-state index contributed by atoms with van der Waals surface area (Å²) in [7, 11) is 0. The highest BCUT2D eigenvalue weighted by atomic mass is 16.5. The summed E-state index contributed by atoms with van der Waals surface area (Å²) < 4.78 is 5.13. The van der Waals surface area contributed by atoms with Crippen LogP contribution in [0, 0.1) is 5.92 Å². The van der Waals surface area contributed by atoms with Gasteiger partial charge in [-0.3, -0.25) is 9.59 Å². The average molecular weight is 235 g/mol. The van der Waals surface area contributed by atoms with E-state index in [1.54, 1.807) is 6.92 Å². The molecule has 0 spiro atoms. The number of carbonyl (C=O) groups excluding carboxylic acids is 2. The lowest BCUT2D eigenvalue weighted by molar-refractivity contribution is -0.149. The molecule has 0 bridgehead atoms. The van der Waals surface area contributed by atoms with E-state index >= 15 is 0 Å². The van der Waals surface area contributed by atoms with Gasteiger partial charge in [0.15, 0.2) is 0 Å². The van der Waals surface area contributed by atoms with Crippen LogP contribution in [-0.4, -0.2) is 11.9 Å². The first-order valence-corrected chi connectivity index (χ1v) is 5.58. The van der Waals surface area contributed by atoms with E-state index in [-0.39, 0.29) is 24.9 Å². The number of hydrogen-bond acceptors (Lipinski definition) is 3. The summed E-state index contributed by atoms with van der Waals surface area (Å²) in [5, 5.41) is 0. The number of nitrogens with two attached hydrogens (primary N) is 1. The molecule has 1 rings (SSSR count). The third-order valence-electron chi connectivity index (χ3n) is 2.45. The lowest BCUT2D eigenvalue weighted by Crippen LogP contribution is -2.18. The van der Waals surface area contributed by atoms with Gasteiger partial charge >= 0.3 is 5.97 Å². The Morgan fingerprint density at radius 2 is 1.94 bits per heavy atom. The van der Waals surface area contributed by atoms with Crippen molar-refractivity contribution in [2.24, 2.45) is 11.7 Å². The van der Waals surface area contributed by atoms with Crippen molar-refractivity contribution < 1.29 is 14.3 Å². The molecule has 0 aromatic heterocycles. The standard InChI is InChI=1S/C13H17NO3/c1-10(7-8-12(14)15)13(16)17-9-11-5-3-2-4-6-11/h2-6,10H,7-9H2,1H3,(H2,14,15)/t10-/m0/s1. The van der Waals surface area contributed by atoms with Crippen molar-refractivity contribution in [1.82, 2.24) is 0 Å². The second kappa shape index (κ2) is 6.68. The number of amides is 1. The second-order valence-corrected chi connectivity index (χ2v) is 4.00. The molecule has 2 N–H and O–H groups in total. The van der Waals surface area contributed by atoms with Crippen LogP contribution in [0.1, 0.15) is 25.3 Å². The van der Waals surface area contributed by atoms with E-state index in [2.05, 4.69) is 0 Å². The topological polar surface area (TPSA) is 69.4 Å². The molecule has 92 valence electrons. The Labute approximate surface area is 101 Å². The number of rotatable bonds is 6. The van der Waals surface area contributed by atoms with Crippen LogP contribution < -0.4 is 5.73 Å². The van der Waals surface area contributed by atoms with Gasteiger partial charge in [0.1, 0.15) is 6.61 Å². The van der Waals surface area contributed by atoms with E-state index in [0.717, 1.165) is 5.56 Å². The fourth-order valence-electron chi connectivity index (χ4n) is 1.35. The molecule has 0 saturated carbocycles. The summed E-state index contributed by atoms with van der Waals surface area (Å²) in [6, 6.07) is 9.46. The monoisotopic (exact) mass is 235 g/mol. The Morgan fingerprint density at radius 3 is 2.53 bits per heavy atom. The first-order valence-electron chi connectivity index (χ1n) is 5.58. The first-order chi connectivity index (χ1) is 8.09. The third-order valence-corrected chi connectivity index (χ3v) is 2.45. The molecule has 0 aliphatic rings. The van der Waals surface area contributed by atoms with Crippen LogP contribution in [-0.2, 0) is 20.9 Å². The largest absolute Gasteiger partial charge is 0.461 e. The number of esters is 1. The molecule has 0 aliphatic heterocycles. The van der Waals surface area contributed by atoms with Gasteiger partial charge in [0, 0.05) is 6.42 Å². The zero-order chi connectivity index (χ0) is 12.7. The van der Waals surface area contributed by atoms with Crippen molar-refractivity contribution in [1.29, 1.82) is 0 Å². The average Bonchev–Trinajstić information content (AvgIpc) is 2.34. The van der Waals surface area contributed by atoms with Crippen LogP contribution >= 0.6 is 0 Å². The first kappa shape index (κ1) is 13.2. The number of benzene rings is 1. The van der Waals surface area contributed by atoms with Gasteiger partial charge in [0.2, 0.25) is 5.91 Å². The van der Waals surface area contributed by atoms with Crippen molar-refractivity contribution in [3.8, 4) is 0 Å². The maximum atomic E-state index is 11.6. The van der Waals surface area contributed by atoms with E-state index < -0.39 is 5.91 Å². The third kappa shape index (κ3) is 5.15. The zero-order valence-corrected chi connectivity index (χ0v) is 9.89. The minimum absolute atomic E-state index is 0.210. The molecule has 0 radical (unpaired) electrons. The SMILES string of the molecule is C[C@@H](CCC(N)=O)C(=O)OCc1ccccc1. The van der Waals surface area contributed by atoms with Gasteiger partial charge in [-0.2, -0.15) is 0 Å². The fraction of sp³-hybridized carbons (Fsp3) is 0.385. The van der Waals surface area contributed by atoms with Gasteiger partial charge in [0.05, 0.1) is 5.92 Å². The highest BCUT2D eigenvalue weighted by Gasteiger charge is 2.15. The second-order valence-electron chi connectivity index (χ2n) is 4.00. The van der Waals surface area contributed by atoms with Crippen LogP contribution in [0.25, 0.3) is 0 Å². The molecule has 4 heteroatoms. The maximum Gasteiger partial charge on any atom is 0.308 e. The predicted octanol–water partition coefficient (Wildman–Crippen LogP) is 1.63. The van der Waals surface area contributed by atoms with Gasteiger partial charge in [-0.15, -0.1) is 0 Å². The molecule has 1 amide bonds. The van der Waals surface area contributed by atoms with Crippen LogP contribution in [0.2, 0.25) is 0 Å². The van der Waals surface area contributed by atoms with Crippen molar-refractivity contribution in [2.75, 3.05) is 0 Å². The van der Waals surface area contributed by atoms with Crippen LogP contribution in [0.3, 0.4) is 0 Å². The van der Waals surface area contributed by atoms with Crippen LogP contribution in [0.15, 0.2) is 30.3 Å². The molecule has 0 heterocycles. The highest BCUT2D eigenvalue weighted by Crippen LogP contribution is 2.09. The zero-order valence-electron chi connectivity index (χ0n) is 9.89. The molecule has 0 fully saturated rings. The van der Waals surface area contributed by atoms with Gasteiger partial charge in [-0.05, 0) is 12.0 Å². The van der Waals surface area contributed by atoms with Crippen molar-refractivity contribution in [3.05, 3.63) is 35.9 Å². The van der Waals surface area contributed by atoms with Gasteiger partial charge < -0.3 is 10.5 Å². The summed E-state index contributed by atoms with van der Waals surface area (Å²) >= 11 is 0. The molecule has 4 nitrogen and oxygen atoms in total. The summed E-state index contributed by atoms with van der Waals surface area (Å²) in [5.41, 5.74) is 5.96. The molecule has 17 heavy (non-hydrogen) atoms. The minimum atomic E-state index is -0.396. The summed E-state index contributed by atoms with van der Waals surface area (Å²) in [5.74, 6) is -0.992. The molecular weight excluding hydrogens is 218 g/mol. The summed E-state index contributed by atoms with van der Waals surface area (Å²) in [6.07, 6.45) is 0.643. The lowest BCUT2D eigenvalue weighted by Gasteiger charge is -2.10. The number of hydrogen-bond donors (Lipinski definition) is 1.